The first-order chi connectivity index (χ1) is 8.17. The highest BCUT2D eigenvalue weighted by atomic mass is 35.5. The van der Waals surface area contributed by atoms with Gasteiger partial charge >= 0.3 is 0 Å². The molecule has 1 N–H and O–H groups in total. The van der Waals surface area contributed by atoms with Gasteiger partial charge in [-0.1, -0.05) is 42.0 Å². The lowest BCUT2D eigenvalue weighted by Gasteiger charge is -2.18. The van der Waals surface area contributed by atoms with Gasteiger partial charge in [-0.2, -0.15) is 0 Å². The van der Waals surface area contributed by atoms with Gasteiger partial charge in [0.1, 0.15) is 11.2 Å². The van der Waals surface area contributed by atoms with E-state index in [9.17, 15) is 0 Å². The van der Waals surface area contributed by atoms with Gasteiger partial charge in [0.25, 0.3) is 0 Å². The summed E-state index contributed by atoms with van der Waals surface area (Å²) in [6.07, 6.45) is 2.39. The standard InChI is InChI=1S/C13H16ClNOS/c1-3-5-12(16-4-2)15-13(17)10-6-8-11(14)9-7-10/h3,6-9,12H,1,4-5H2,2H3,(H,15,17). The number of rotatable bonds is 6. The first kappa shape index (κ1) is 14.2. The van der Waals surface area contributed by atoms with Crippen molar-refractivity contribution in [3.63, 3.8) is 0 Å². The Labute approximate surface area is 113 Å². The Morgan fingerprint density at radius 1 is 1.53 bits per heavy atom. The van der Waals surface area contributed by atoms with Crippen LogP contribution in [0.1, 0.15) is 18.9 Å². The Kier molecular flexibility index (Phi) is 6.19. The quantitative estimate of drug-likeness (QED) is 0.485. The van der Waals surface area contributed by atoms with Crippen molar-refractivity contribution >= 4 is 28.8 Å². The van der Waals surface area contributed by atoms with E-state index >= 15 is 0 Å². The zero-order valence-electron chi connectivity index (χ0n) is 9.78. The second-order valence-corrected chi connectivity index (χ2v) is 4.29. The van der Waals surface area contributed by atoms with Crippen LogP contribution in [0.4, 0.5) is 0 Å². The van der Waals surface area contributed by atoms with Crippen LogP contribution in [-0.2, 0) is 4.74 Å². The minimum atomic E-state index is -0.124. The van der Waals surface area contributed by atoms with Crippen LogP contribution < -0.4 is 5.32 Å². The van der Waals surface area contributed by atoms with Crippen LogP contribution in [0.2, 0.25) is 5.02 Å². The summed E-state index contributed by atoms with van der Waals surface area (Å²) in [6, 6.07) is 7.39. The molecule has 0 spiro atoms. The Morgan fingerprint density at radius 2 is 2.18 bits per heavy atom. The number of hydrogen-bond donors (Lipinski definition) is 1. The fraction of sp³-hybridized carbons (Fsp3) is 0.308. The number of ether oxygens (including phenoxy) is 1. The lowest BCUT2D eigenvalue weighted by molar-refractivity contribution is 0.0554. The van der Waals surface area contributed by atoms with E-state index in [0.29, 0.717) is 23.0 Å². The van der Waals surface area contributed by atoms with Crippen molar-refractivity contribution in [2.75, 3.05) is 6.61 Å². The van der Waals surface area contributed by atoms with Gasteiger partial charge in [-0.05, 0) is 19.1 Å². The van der Waals surface area contributed by atoms with Crippen molar-refractivity contribution in [1.29, 1.82) is 0 Å². The molecule has 4 heteroatoms. The first-order valence-corrected chi connectivity index (χ1v) is 6.25. The lowest BCUT2D eigenvalue weighted by atomic mass is 10.2. The normalized spacial score (nSPS) is 11.9. The van der Waals surface area contributed by atoms with E-state index < -0.39 is 0 Å². The maximum absolute atomic E-state index is 5.82. The van der Waals surface area contributed by atoms with Gasteiger partial charge in [0.2, 0.25) is 0 Å². The molecule has 0 aliphatic heterocycles. The van der Waals surface area contributed by atoms with Crippen LogP contribution in [0.5, 0.6) is 0 Å². The van der Waals surface area contributed by atoms with Crippen molar-refractivity contribution in [1.82, 2.24) is 5.32 Å². The highest BCUT2D eigenvalue weighted by Gasteiger charge is 2.09. The Balaban J connectivity index is 2.62. The molecular formula is C13H16ClNOS. The van der Waals surface area contributed by atoms with Crippen molar-refractivity contribution in [2.24, 2.45) is 0 Å². The third-order valence-corrected chi connectivity index (χ3v) is 2.75. The number of benzene rings is 1. The number of nitrogens with one attached hydrogen (secondary N) is 1. The van der Waals surface area contributed by atoms with Crippen LogP contribution in [0, 0.1) is 0 Å². The monoisotopic (exact) mass is 269 g/mol. The lowest BCUT2D eigenvalue weighted by Crippen LogP contribution is -2.36. The predicted molar refractivity (Wildman–Crippen MR) is 76.5 cm³/mol. The second kappa shape index (κ2) is 7.43. The molecule has 0 saturated carbocycles. The van der Waals surface area contributed by atoms with Gasteiger partial charge in [-0.15, -0.1) is 6.58 Å². The van der Waals surface area contributed by atoms with E-state index in [1.54, 1.807) is 6.08 Å². The van der Waals surface area contributed by atoms with E-state index in [0.717, 1.165) is 5.56 Å². The second-order valence-electron chi connectivity index (χ2n) is 3.45. The maximum Gasteiger partial charge on any atom is 0.131 e. The molecule has 0 saturated heterocycles. The SMILES string of the molecule is C=CCC(NC(=S)c1ccc(Cl)cc1)OCC. The Bertz CT molecular complexity index is 378. The molecule has 0 amide bonds. The number of halogens is 1. The summed E-state index contributed by atoms with van der Waals surface area (Å²) in [5, 5.41) is 3.85. The van der Waals surface area contributed by atoms with E-state index in [-0.39, 0.29) is 6.23 Å². The van der Waals surface area contributed by atoms with Crippen LogP contribution in [-0.4, -0.2) is 17.8 Å². The van der Waals surface area contributed by atoms with Gasteiger partial charge in [0, 0.05) is 23.6 Å². The van der Waals surface area contributed by atoms with Crippen LogP contribution in [0.15, 0.2) is 36.9 Å². The summed E-state index contributed by atoms with van der Waals surface area (Å²) >= 11 is 11.1. The Hall–Kier alpha value is -0.900. The van der Waals surface area contributed by atoms with Crippen molar-refractivity contribution in [3.05, 3.63) is 47.5 Å². The average Bonchev–Trinajstić information content (AvgIpc) is 2.30. The minimum Gasteiger partial charge on any atom is -0.359 e. The van der Waals surface area contributed by atoms with E-state index in [2.05, 4.69) is 11.9 Å². The third-order valence-electron chi connectivity index (χ3n) is 2.15. The molecule has 0 aromatic heterocycles. The molecule has 17 heavy (non-hydrogen) atoms. The van der Waals surface area contributed by atoms with E-state index in [1.165, 1.54) is 0 Å². The van der Waals surface area contributed by atoms with Crippen molar-refractivity contribution < 1.29 is 4.74 Å². The minimum absolute atomic E-state index is 0.124. The number of thiocarbonyl (C=S) groups is 1. The predicted octanol–water partition coefficient (Wildman–Crippen LogP) is 3.54. The molecule has 2 nitrogen and oxygen atoms in total. The molecule has 1 unspecified atom stereocenters. The van der Waals surface area contributed by atoms with Crippen LogP contribution in [0.3, 0.4) is 0 Å². The van der Waals surface area contributed by atoms with Crippen molar-refractivity contribution in [2.45, 2.75) is 19.6 Å². The molecule has 1 atom stereocenters. The largest absolute Gasteiger partial charge is 0.359 e. The summed E-state index contributed by atoms with van der Waals surface area (Å²) < 4.78 is 5.50. The van der Waals surface area contributed by atoms with Gasteiger partial charge in [0.15, 0.2) is 0 Å². The van der Waals surface area contributed by atoms with Gasteiger partial charge in [-0.25, -0.2) is 0 Å². The molecular weight excluding hydrogens is 254 g/mol. The molecule has 1 rings (SSSR count). The van der Waals surface area contributed by atoms with Crippen LogP contribution >= 0.6 is 23.8 Å². The van der Waals surface area contributed by atoms with Gasteiger partial charge < -0.3 is 10.1 Å². The zero-order valence-corrected chi connectivity index (χ0v) is 11.4. The van der Waals surface area contributed by atoms with Crippen LogP contribution in [0.25, 0.3) is 0 Å². The van der Waals surface area contributed by atoms with E-state index in [4.69, 9.17) is 28.6 Å². The fourth-order valence-electron chi connectivity index (χ4n) is 1.35. The topological polar surface area (TPSA) is 21.3 Å². The molecule has 0 bridgehead atoms. The molecule has 0 radical (unpaired) electrons. The van der Waals surface area contributed by atoms with Crippen molar-refractivity contribution in [3.8, 4) is 0 Å². The summed E-state index contributed by atoms with van der Waals surface area (Å²) in [7, 11) is 0. The molecule has 92 valence electrons. The summed E-state index contributed by atoms with van der Waals surface area (Å²) in [4.78, 5) is 0.655. The molecule has 0 fully saturated rings. The first-order valence-electron chi connectivity index (χ1n) is 5.46. The third kappa shape index (κ3) is 4.86. The van der Waals surface area contributed by atoms with Gasteiger partial charge in [0.05, 0.1) is 0 Å². The summed E-state index contributed by atoms with van der Waals surface area (Å²) in [6.45, 7) is 6.27. The summed E-state index contributed by atoms with van der Waals surface area (Å²) in [5.74, 6) is 0. The summed E-state index contributed by atoms with van der Waals surface area (Å²) in [5.41, 5.74) is 0.929. The maximum atomic E-state index is 5.82. The Morgan fingerprint density at radius 3 is 2.71 bits per heavy atom. The van der Waals surface area contributed by atoms with Gasteiger partial charge in [-0.3, -0.25) is 0 Å². The molecule has 1 aromatic carbocycles. The number of hydrogen-bond acceptors (Lipinski definition) is 2. The highest BCUT2D eigenvalue weighted by molar-refractivity contribution is 7.80. The zero-order chi connectivity index (χ0) is 12.7. The average molecular weight is 270 g/mol. The molecule has 0 aliphatic carbocycles. The molecule has 0 heterocycles. The molecule has 0 aliphatic rings. The highest BCUT2D eigenvalue weighted by Crippen LogP contribution is 2.10. The van der Waals surface area contributed by atoms with E-state index in [1.807, 2.05) is 31.2 Å². The smallest absolute Gasteiger partial charge is 0.131 e. The fourth-order valence-corrected chi connectivity index (χ4v) is 1.75. The molecule has 1 aromatic rings.